The Morgan fingerprint density at radius 1 is 1.29 bits per heavy atom. The maximum Gasteiger partial charge on any atom is 0.411 e. The molecule has 0 aliphatic carbocycles. The van der Waals surface area contributed by atoms with Gasteiger partial charge in [-0.2, -0.15) is 0 Å². The monoisotopic (exact) mass is 332 g/mol. The molecule has 0 atom stereocenters. The zero-order valence-corrected chi connectivity index (χ0v) is 13.9. The van der Waals surface area contributed by atoms with Crippen LogP contribution in [-0.4, -0.2) is 17.7 Å². The molecule has 128 valence electrons. The highest BCUT2D eigenvalue weighted by atomic mass is 19.1. The number of hydrogen-bond acceptors (Lipinski definition) is 5. The van der Waals surface area contributed by atoms with E-state index in [1.54, 1.807) is 32.0 Å². The molecule has 4 N–H and O–H groups in total. The second kappa shape index (κ2) is 7.63. The van der Waals surface area contributed by atoms with E-state index in [4.69, 9.17) is 10.5 Å². The van der Waals surface area contributed by atoms with Gasteiger partial charge in [-0.25, -0.2) is 14.2 Å². The van der Waals surface area contributed by atoms with Crippen LogP contribution in [-0.2, 0) is 11.3 Å². The van der Waals surface area contributed by atoms with E-state index in [0.29, 0.717) is 23.6 Å². The lowest BCUT2D eigenvalue weighted by atomic mass is 10.1. The van der Waals surface area contributed by atoms with E-state index in [-0.39, 0.29) is 18.2 Å². The number of rotatable bonds is 5. The largest absolute Gasteiger partial charge is 0.450 e. The molecule has 2 rings (SSSR count). The number of anilines is 3. The molecule has 6 nitrogen and oxygen atoms in total. The van der Waals surface area contributed by atoms with Gasteiger partial charge in [-0.05, 0) is 55.7 Å². The van der Waals surface area contributed by atoms with Gasteiger partial charge in [-0.1, -0.05) is 6.07 Å². The number of aryl methyl sites for hydroxylation is 2. The third kappa shape index (κ3) is 4.34. The van der Waals surface area contributed by atoms with Gasteiger partial charge in [0.05, 0.1) is 12.3 Å². The number of nitrogen functional groups attached to an aromatic ring is 1. The molecule has 0 bridgehead atoms. The van der Waals surface area contributed by atoms with Crippen LogP contribution in [0, 0.1) is 19.7 Å². The first-order valence-corrected chi connectivity index (χ1v) is 7.60. The summed E-state index contributed by atoms with van der Waals surface area (Å²) in [6.07, 6.45) is -0.586. The van der Waals surface area contributed by atoms with Gasteiger partial charge < -0.3 is 15.8 Å². The van der Waals surface area contributed by atoms with E-state index in [1.807, 2.05) is 6.92 Å². The number of benzene rings is 1. The minimum Gasteiger partial charge on any atom is -0.450 e. The number of halogens is 1. The quantitative estimate of drug-likeness (QED) is 0.778. The summed E-state index contributed by atoms with van der Waals surface area (Å²) in [7, 11) is 0. The van der Waals surface area contributed by atoms with Crippen molar-refractivity contribution >= 4 is 23.4 Å². The summed E-state index contributed by atoms with van der Waals surface area (Å²) in [5.41, 5.74) is 8.65. The number of carbonyl (C=O) groups excluding carboxylic acids is 1. The fourth-order valence-electron chi connectivity index (χ4n) is 2.20. The third-order valence-corrected chi connectivity index (χ3v) is 3.51. The number of nitrogens with two attached hydrogens (primary N) is 1. The Bertz CT molecular complexity index is 750. The lowest BCUT2D eigenvalue weighted by molar-refractivity contribution is 0.168. The third-order valence-electron chi connectivity index (χ3n) is 3.51. The summed E-state index contributed by atoms with van der Waals surface area (Å²) in [4.78, 5) is 15.6. The number of nitrogens with one attached hydrogen (secondary N) is 2. The van der Waals surface area contributed by atoms with Gasteiger partial charge in [-0.15, -0.1) is 0 Å². The van der Waals surface area contributed by atoms with Crippen molar-refractivity contribution in [1.29, 1.82) is 0 Å². The maximum absolute atomic E-state index is 13.7. The Kier molecular flexibility index (Phi) is 5.57. The molecule has 0 saturated carbocycles. The molecule has 7 heteroatoms. The second-order valence-corrected chi connectivity index (χ2v) is 5.36. The minimum absolute atomic E-state index is 0.167. The molecule has 0 unspecified atom stereocenters. The molecule has 0 aliphatic rings. The van der Waals surface area contributed by atoms with Crippen LogP contribution in [0.1, 0.15) is 23.6 Å². The summed E-state index contributed by atoms with van der Waals surface area (Å²) in [5, 5.41) is 5.60. The molecule has 0 fully saturated rings. The fraction of sp³-hybridized carbons (Fsp3) is 0.294. The van der Waals surface area contributed by atoms with Crippen molar-refractivity contribution in [1.82, 2.24) is 4.98 Å². The number of amides is 1. The van der Waals surface area contributed by atoms with Crippen LogP contribution < -0.4 is 16.4 Å². The molecule has 0 aliphatic heterocycles. The molecule has 0 saturated heterocycles. The van der Waals surface area contributed by atoms with Crippen molar-refractivity contribution in [2.24, 2.45) is 0 Å². The molecule has 1 amide bonds. The van der Waals surface area contributed by atoms with E-state index in [9.17, 15) is 9.18 Å². The normalized spacial score (nSPS) is 10.3. The van der Waals surface area contributed by atoms with Crippen LogP contribution in [0.4, 0.5) is 26.5 Å². The second-order valence-electron chi connectivity index (χ2n) is 5.36. The summed E-state index contributed by atoms with van der Waals surface area (Å²) in [6, 6.07) is 6.63. The topological polar surface area (TPSA) is 89.3 Å². The van der Waals surface area contributed by atoms with Gasteiger partial charge in [0.1, 0.15) is 17.5 Å². The summed E-state index contributed by atoms with van der Waals surface area (Å²) in [6.45, 7) is 6.06. The average Bonchev–Trinajstić information content (AvgIpc) is 2.52. The van der Waals surface area contributed by atoms with Gasteiger partial charge in [0.2, 0.25) is 0 Å². The van der Waals surface area contributed by atoms with Gasteiger partial charge in [0.25, 0.3) is 0 Å². The van der Waals surface area contributed by atoms with Gasteiger partial charge in [0.15, 0.2) is 0 Å². The van der Waals surface area contributed by atoms with Gasteiger partial charge in [-0.3, -0.25) is 5.32 Å². The Morgan fingerprint density at radius 2 is 2.04 bits per heavy atom. The highest BCUT2D eigenvalue weighted by molar-refractivity contribution is 5.88. The number of pyridine rings is 1. The van der Waals surface area contributed by atoms with Crippen molar-refractivity contribution in [2.75, 3.05) is 23.0 Å². The molecule has 1 aromatic carbocycles. The maximum atomic E-state index is 13.7. The predicted molar refractivity (Wildman–Crippen MR) is 92.5 cm³/mol. The summed E-state index contributed by atoms with van der Waals surface area (Å²) < 4.78 is 18.5. The molecular weight excluding hydrogens is 311 g/mol. The summed E-state index contributed by atoms with van der Waals surface area (Å²) >= 11 is 0. The van der Waals surface area contributed by atoms with E-state index in [1.165, 1.54) is 6.07 Å². The number of aromatic nitrogens is 1. The van der Waals surface area contributed by atoms with E-state index >= 15 is 0 Å². The van der Waals surface area contributed by atoms with Crippen LogP contribution in [0.5, 0.6) is 0 Å². The van der Waals surface area contributed by atoms with E-state index in [2.05, 4.69) is 15.6 Å². The summed E-state index contributed by atoms with van der Waals surface area (Å²) in [5.74, 6) is 0.459. The van der Waals surface area contributed by atoms with Crippen molar-refractivity contribution in [3.05, 3.63) is 46.8 Å². The fourth-order valence-corrected chi connectivity index (χ4v) is 2.20. The highest BCUT2D eigenvalue weighted by Crippen LogP contribution is 2.20. The van der Waals surface area contributed by atoms with Crippen LogP contribution in [0.2, 0.25) is 0 Å². The van der Waals surface area contributed by atoms with Gasteiger partial charge in [0, 0.05) is 6.54 Å². The number of carbonyl (C=O) groups is 1. The molecule has 0 radical (unpaired) electrons. The predicted octanol–water partition coefficient (Wildman–Crippen LogP) is 3.60. The average molecular weight is 332 g/mol. The molecule has 1 aromatic heterocycles. The smallest absolute Gasteiger partial charge is 0.411 e. The number of hydrogen-bond donors (Lipinski definition) is 3. The first kappa shape index (κ1) is 17.5. The molecular formula is C17H21FN4O2. The van der Waals surface area contributed by atoms with Crippen molar-refractivity contribution in [3.8, 4) is 0 Å². The SMILES string of the molecule is CCOC(=O)Nc1ccc(NCc2cc(F)c(C)cc2C)nc1N. The number of nitrogens with zero attached hydrogens (tertiary/aromatic N) is 1. The van der Waals surface area contributed by atoms with E-state index < -0.39 is 6.09 Å². The molecule has 0 spiro atoms. The van der Waals surface area contributed by atoms with Crippen molar-refractivity contribution in [2.45, 2.75) is 27.3 Å². The molecule has 24 heavy (non-hydrogen) atoms. The van der Waals surface area contributed by atoms with E-state index in [0.717, 1.165) is 11.1 Å². The molecule has 1 heterocycles. The van der Waals surface area contributed by atoms with Crippen LogP contribution >= 0.6 is 0 Å². The minimum atomic E-state index is -0.586. The highest BCUT2D eigenvalue weighted by Gasteiger charge is 2.08. The Morgan fingerprint density at radius 3 is 2.71 bits per heavy atom. The van der Waals surface area contributed by atoms with Crippen LogP contribution in [0.3, 0.4) is 0 Å². The number of ether oxygens (including phenoxy) is 1. The zero-order chi connectivity index (χ0) is 17.7. The van der Waals surface area contributed by atoms with Crippen LogP contribution in [0.25, 0.3) is 0 Å². The standard InChI is InChI=1S/C17H21FN4O2/c1-4-24-17(23)21-14-5-6-15(22-16(14)19)20-9-12-8-13(18)11(3)7-10(12)2/h5-8H,4,9H2,1-3H3,(H,21,23)(H3,19,20,22). The molecule has 2 aromatic rings. The zero-order valence-electron chi connectivity index (χ0n) is 13.9. The Hall–Kier alpha value is -2.83. The van der Waals surface area contributed by atoms with Crippen molar-refractivity contribution < 1.29 is 13.9 Å². The van der Waals surface area contributed by atoms with Crippen LogP contribution in [0.15, 0.2) is 24.3 Å². The lowest BCUT2D eigenvalue weighted by Gasteiger charge is -2.12. The van der Waals surface area contributed by atoms with Crippen molar-refractivity contribution in [3.63, 3.8) is 0 Å². The first-order valence-electron chi connectivity index (χ1n) is 7.60. The Balaban J connectivity index is 2.05. The van der Waals surface area contributed by atoms with Gasteiger partial charge >= 0.3 is 6.09 Å². The first-order chi connectivity index (χ1) is 11.4. The lowest BCUT2D eigenvalue weighted by Crippen LogP contribution is -2.15. The Labute approximate surface area is 140 Å².